The first-order valence-corrected chi connectivity index (χ1v) is 10.0. The Hall–Kier alpha value is -3.15. The van der Waals surface area contributed by atoms with Crippen molar-refractivity contribution in [3.63, 3.8) is 0 Å². The molecule has 1 N–H and O–H groups in total. The molecular weight excluding hydrogens is 368 g/mol. The fourth-order valence-corrected chi connectivity index (χ4v) is 4.69. The monoisotopic (exact) mass is 390 g/mol. The van der Waals surface area contributed by atoms with Gasteiger partial charge in [-0.1, -0.05) is 24.6 Å². The number of Topliss-reactive ketones (excluding diaryl/α,β-unsaturated/α-hetero) is 1. The number of ether oxygens (including phenoxy) is 1. The molecule has 6 heteroatoms. The number of carbonyl (C=O) groups is 2. The average molecular weight is 390 g/mol. The van der Waals surface area contributed by atoms with Crippen LogP contribution in [-0.2, 0) is 14.3 Å². The van der Waals surface area contributed by atoms with Crippen molar-refractivity contribution in [2.75, 3.05) is 4.90 Å². The molecule has 3 aliphatic rings. The first-order chi connectivity index (χ1) is 14.0. The van der Waals surface area contributed by atoms with E-state index in [1.807, 2.05) is 19.1 Å². The lowest BCUT2D eigenvalue weighted by Crippen LogP contribution is -2.39. The number of aryl methyl sites for hydroxylation is 1. The second-order valence-electron chi connectivity index (χ2n) is 8.02. The number of rotatable bonds is 2. The van der Waals surface area contributed by atoms with Crippen molar-refractivity contribution in [2.45, 2.75) is 44.8 Å². The third-order valence-corrected chi connectivity index (χ3v) is 6.09. The summed E-state index contributed by atoms with van der Waals surface area (Å²) in [6, 6.07) is 9.69. The molecule has 1 aliphatic carbocycles. The molecule has 1 saturated carbocycles. The molecular formula is C23H22N2O4. The fourth-order valence-electron chi connectivity index (χ4n) is 4.69. The quantitative estimate of drug-likeness (QED) is 0.848. The molecule has 1 fully saturated rings. The number of amides is 1. The molecule has 148 valence electrons. The van der Waals surface area contributed by atoms with E-state index in [1.54, 1.807) is 30.5 Å². The first kappa shape index (κ1) is 17.9. The summed E-state index contributed by atoms with van der Waals surface area (Å²) in [7, 11) is 0. The number of ketones is 1. The molecule has 3 heterocycles. The SMILES string of the molecule is Cc1ccc(N2C(=O)C3=C(C(=O)C4CCCCC4O3)C2c2cccc(O)c2)nc1. The zero-order chi connectivity index (χ0) is 20.1. The van der Waals surface area contributed by atoms with Gasteiger partial charge in [-0.15, -0.1) is 0 Å². The zero-order valence-corrected chi connectivity index (χ0v) is 16.2. The number of aromatic nitrogens is 1. The Morgan fingerprint density at radius 3 is 2.72 bits per heavy atom. The molecule has 0 spiro atoms. The maximum atomic E-state index is 13.5. The van der Waals surface area contributed by atoms with Gasteiger partial charge in [0.1, 0.15) is 17.7 Å². The Kier molecular flexibility index (Phi) is 4.15. The second-order valence-corrected chi connectivity index (χ2v) is 8.02. The summed E-state index contributed by atoms with van der Waals surface area (Å²) >= 11 is 0. The summed E-state index contributed by atoms with van der Waals surface area (Å²) in [5, 5.41) is 10.0. The first-order valence-electron chi connectivity index (χ1n) is 10.0. The van der Waals surface area contributed by atoms with Crippen LogP contribution in [0.2, 0.25) is 0 Å². The van der Waals surface area contributed by atoms with Gasteiger partial charge in [-0.25, -0.2) is 4.98 Å². The van der Waals surface area contributed by atoms with Gasteiger partial charge in [-0.2, -0.15) is 0 Å². The van der Waals surface area contributed by atoms with Crippen molar-refractivity contribution >= 4 is 17.5 Å². The molecule has 3 atom stereocenters. The summed E-state index contributed by atoms with van der Waals surface area (Å²) in [5.74, 6) is 0.132. The zero-order valence-electron chi connectivity index (χ0n) is 16.2. The predicted molar refractivity (Wildman–Crippen MR) is 106 cm³/mol. The average Bonchev–Trinajstić information content (AvgIpc) is 3.02. The summed E-state index contributed by atoms with van der Waals surface area (Å²) in [6.45, 7) is 1.93. The summed E-state index contributed by atoms with van der Waals surface area (Å²) in [5.41, 5.74) is 2.04. The molecule has 2 aliphatic heterocycles. The topological polar surface area (TPSA) is 79.7 Å². The predicted octanol–water partition coefficient (Wildman–Crippen LogP) is 3.60. The third-order valence-electron chi connectivity index (χ3n) is 6.09. The Labute approximate surface area is 168 Å². The molecule has 1 aromatic carbocycles. The van der Waals surface area contributed by atoms with Gasteiger partial charge in [0.25, 0.3) is 5.91 Å². The van der Waals surface area contributed by atoms with E-state index in [-0.39, 0.29) is 35.2 Å². The highest BCUT2D eigenvalue weighted by atomic mass is 16.5. The standard InChI is InChI=1S/C23H22N2O4/c1-13-9-10-18(24-12-13)25-20(14-5-4-6-15(26)11-14)19-21(27)16-7-2-3-8-17(16)29-22(19)23(25)28/h4-6,9-12,16-17,20,26H,2-3,7-8H2,1H3. The summed E-state index contributed by atoms with van der Waals surface area (Å²) in [4.78, 5) is 32.8. The Morgan fingerprint density at radius 1 is 1.14 bits per heavy atom. The van der Waals surface area contributed by atoms with Crippen LogP contribution < -0.4 is 4.90 Å². The van der Waals surface area contributed by atoms with Crippen LogP contribution in [0.5, 0.6) is 5.75 Å². The molecule has 0 bridgehead atoms. The number of benzene rings is 1. The lowest BCUT2D eigenvalue weighted by Gasteiger charge is -2.35. The van der Waals surface area contributed by atoms with E-state index in [9.17, 15) is 14.7 Å². The minimum Gasteiger partial charge on any atom is -0.508 e. The molecule has 3 unspecified atom stereocenters. The van der Waals surface area contributed by atoms with E-state index >= 15 is 0 Å². The molecule has 0 radical (unpaired) electrons. The van der Waals surface area contributed by atoms with E-state index in [4.69, 9.17) is 4.74 Å². The van der Waals surface area contributed by atoms with E-state index < -0.39 is 6.04 Å². The van der Waals surface area contributed by atoms with Crippen molar-refractivity contribution in [1.29, 1.82) is 0 Å². The van der Waals surface area contributed by atoms with Gasteiger partial charge in [0.05, 0.1) is 17.5 Å². The maximum absolute atomic E-state index is 13.5. The highest BCUT2D eigenvalue weighted by Crippen LogP contribution is 2.48. The van der Waals surface area contributed by atoms with E-state index in [0.29, 0.717) is 17.0 Å². The molecule has 1 amide bonds. The Balaban J connectivity index is 1.66. The summed E-state index contributed by atoms with van der Waals surface area (Å²) in [6.07, 6.45) is 5.04. The van der Waals surface area contributed by atoms with Gasteiger partial charge < -0.3 is 9.84 Å². The number of carbonyl (C=O) groups excluding carboxylic acids is 2. The minimum absolute atomic E-state index is 0.00717. The number of pyridine rings is 1. The molecule has 0 saturated heterocycles. The number of phenols is 1. The largest absolute Gasteiger partial charge is 0.508 e. The third kappa shape index (κ3) is 2.82. The molecule has 1 aromatic heterocycles. The van der Waals surface area contributed by atoms with Gasteiger partial charge in [-0.05, 0) is 55.5 Å². The number of phenolic OH excluding ortho intramolecular Hbond substituents is 1. The lowest BCUT2D eigenvalue weighted by atomic mass is 9.77. The minimum atomic E-state index is -0.657. The van der Waals surface area contributed by atoms with Crippen molar-refractivity contribution < 1.29 is 19.4 Å². The maximum Gasteiger partial charge on any atom is 0.295 e. The van der Waals surface area contributed by atoms with Crippen LogP contribution >= 0.6 is 0 Å². The van der Waals surface area contributed by atoms with E-state index in [2.05, 4.69) is 4.98 Å². The number of aromatic hydroxyl groups is 1. The van der Waals surface area contributed by atoms with Crippen molar-refractivity contribution in [3.8, 4) is 5.75 Å². The molecule has 5 rings (SSSR count). The van der Waals surface area contributed by atoms with Crippen molar-refractivity contribution in [3.05, 3.63) is 65.1 Å². The molecule has 29 heavy (non-hydrogen) atoms. The number of nitrogens with zero attached hydrogens (tertiary/aromatic N) is 2. The van der Waals surface area contributed by atoms with Crippen LogP contribution in [0.4, 0.5) is 5.82 Å². The Bertz CT molecular complexity index is 1030. The van der Waals surface area contributed by atoms with Crippen LogP contribution in [0.3, 0.4) is 0 Å². The normalized spacial score (nSPS) is 26.2. The lowest BCUT2D eigenvalue weighted by molar-refractivity contribution is -0.131. The highest BCUT2D eigenvalue weighted by molar-refractivity contribution is 6.17. The smallest absolute Gasteiger partial charge is 0.295 e. The van der Waals surface area contributed by atoms with Crippen LogP contribution in [0.1, 0.15) is 42.9 Å². The van der Waals surface area contributed by atoms with Gasteiger partial charge in [0.2, 0.25) is 0 Å². The Morgan fingerprint density at radius 2 is 1.97 bits per heavy atom. The van der Waals surface area contributed by atoms with E-state index in [1.165, 1.54) is 4.90 Å². The van der Waals surface area contributed by atoms with Crippen molar-refractivity contribution in [2.24, 2.45) is 5.92 Å². The van der Waals surface area contributed by atoms with Gasteiger partial charge in [0.15, 0.2) is 11.5 Å². The fraction of sp³-hybridized carbons (Fsp3) is 0.348. The van der Waals surface area contributed by atoms with Gasteiger partial charge in [-0.3, -0.25) is 14.5 Å². The van der Waals surface area contributed by atoms with Gasteiger partial charge in [0, 0.05) is 6.20 Å². The van der Waals surface area contributed by atoms with E-state index in [0.717, 1.165) is 31.2 Å². The highest BCUT2D eigenvalue weighted by Gasteiger charge is 2.52. The number of anilines is 1. The number of hydrogen-bond acceptors (Lipinski definition) is 5. The number of hydrogen-bond donors (Lipinski definition) is 1. The van der Waals surface area contributed by atoms with Crippen LogP contribution in [0, 0.1) is 12.8 Å². The van der Waals surface area contributed by atoms with Gasteiger partial charge >= 0.3 is 0 Å². The van der Waals surface area contributed by atoms with Crippen LogP contribution in [0.15, 0.2) is 53.9 Å². The molecule has 6 nitrogen and oxygen atoms in total. The number of fused-ring (bicyclic) bond motifs is 1. The van der Waals surface area contributed by atoms with Crippen molar-refractivity contribution in [1.82, 2.24) is 4.98 Å². The second kappa shape index (κ2) is 6.72. The summed E-state index contributed by atoms with van der Waals surface area (Å²) < 4.78 is 6.13. The van der Waals surface area contributed by atoms with Crippen LogP contribution in [-0.4, -0.2) is 27.9 Å². The van der Waals surface area contributed by atoms with Crippen LogP contribution in [0.25, 0.3) is 0 Å². The molecule has 2 aromatic rings.